The zero-order chi connectivity index (χ0) is 14.3. The third kappa shape index (κ3) is 2.01. The van der Waals surface area contributed by atoms with Crippen molar-refractivity contribution < 1.29 is 4.79 Å². The summed E-state index contributed by atoms with van der Waals surface area (Å²) in [6, 6.07) is 8.20. The molecule has 0 N–H and O–H groups in total. The Balaban J connectivity index is 2.04. The van der Waals surface area contributed by atoms with Gasteiger partial charge in [-0.1, -0.05) is 12.6 Å². The summed E-state index contributed by atoms with van der Waals surface area (Å²) < 4.78 is 0. The largest absolute Gasteiger partial charge is 0.315 e. The molecule has 1 amide bonds. The molecule has 0 aliphatic carbocycles. The highest BCUT2D eigenvalue weighted by Gasteiger charge is 2.23. The van der Waals surface area contributed by atoms with Crippen molar-refractivity contribution in [1.82, 2.24) is 4.98 Å². The van der Waals surface area contributed by atoms with E-state index in [1.54, 1.807) is 4.90 Å². The molecule has 1 aliphatic heterocycles. The van der Waals surface area contributed by atoms with Gasteiger partial charge in [0.05, 0.1) is 6.42 Å². The molecular weight excluding hydrogens is 248 g/mol. The van der Waals surface area contributed by atoms with Crippen molar-refractivity contribution in [3.8, 4) is 11.1 Å². The molecule has 0 spiro atoms. The Labute approximate surface area is 118 Å². The molecule has 0 radical (unpaired) electrons. The number of aromatic nitrogens is 1. The van der Waals surface area contributed by atoms with E-state index in [-0.39, 0.29) is 5.91 Å². The summed E-state index contributed by atoms with van der Waals surface area (Å²) in [4.78, 5) is 17.7. The molecular formula is C17H16N2O. The second kappa shape index (κ2) is 4.60. The van der Waals surface area contributed by atoms with Crippen molar-refractivity contribution >= 4 is 17.2 Å². The first-order chi connectivity index (χ1) is 9.56. The molecule has 2 heterocycles. The number of likely N-dealkylation sites (N-methyl/N-ethyl adjacent to an activating group) is 1. The van der Waals surface area contributed by atoms with Gasteiger partial charge >= 0.3 is 0 Å². The number of amides is 1. The average molecular weight is 264 g/mol. The number of pyridine rings is 1. The summed E-state index contributed by atoms with van der Waals surface area (Å²) in [5, 5.41) is 0. The van der Waals surface area contributed by atoms with Crippen LogP contribution in [0.25, 0.3) is 16.7 Å². The van der Waals surface area contributed by atoms with Gasteiger partial charge in [0, 0.05) is 30.7 Å². The third-order valence-electron chi connectivity index (χ3n) is 3.72. The van der Waals surface area contributed by atoms with E-state index in [4.69, 9.17) is 0 Å². The van der Waals surface area contributed by atoms with Gasteiger partial charge in [0.2, 0.25) is 5.91 Å². The van der Waals surface area contributed by atoms with E-state index in [0.717, 1.165) is 33.5 Å². The van der Waals surface area contributed by atoms with Gasteiger partial charge in [-0.25, -0.2) is 0 Å². The van der Waals surface area contributed by atoms with E-state index in [1.807, 2.05) is 38.5 Å². The number of carbonyl (C=O) groups is 1. The molecule has 0 saturated carbocycles. The first-order valence-corrected chi connectivity index (χ1v) is 6.57. The second-order valence-corrected chi connectivity index (χ2v) is 5.22. The van der Waals surface area contributed by atoms with Gasteiger partial charge in [0.25, 0.3) is 0 Å². The van der Waals surface area contributed by atoms with Crippen LogP contribution in [0.4, 0.5) is 5.69 Å². The van der Waals surface area contributed by atoms with Crippen LogP contribution in [0.1, 0.15) is 18.1 Å². The normalized spacial score (nSPS) is 13.5. The van der Waals surface area contributed by atoms with Crippen LogP contribution >= 0.6 is 0 Å². The van der Waals surface area contributed by atoms with Gasteiger partial charge < -0.3 is 4.90 Å². The van der Waals surface area contributed by atoms with Gasteiger partial charge in [-0.3, -0.25) is 9.78 Å². The van der Waals surface area contributed by atoms with Crippen molar-refractivity contribution in [3.63, 3.8) is 0 Å². The zero-order valence-electron chi connectivity index (χ0n) is 11.7. The van der Waals surface area contributed by atoms with Gasteiger partial charge in [-0.15, -0.1) is 0 Å². The molecule has 0 atom stereocenters. The highest BCUT2D eigenvalue weighted by Crippen LogP contribution is 2.32. The van der Waals surface area contributed by atoms with E-state index in [1.165, 1.54) is 0 Å². The third-order valence-corrected chi connectivity index (χ3v) is 3.72. The predicted molar refractivity (Wildman–Crippen MR) is 81.5 cm³/mol. The Morgan fingerprint density at radius 2 is 2.05 bits per heavy atom. The molecule has 2 aromatic rings. The minimum Gasteiger partial charge on any atom is -0.315 e. The average Bonchev–Trinajstić information content (AvgIpc) is 2.74. The van der Waals surface area contributed by atoms with Crippen LogP contribution in [-0.4, -0.2) is 17.9 Å². The van der Waals surface area contributed by atoms with Gasteiger partial charge in [0.15, 0.2) is 0 Å². The fraction of sp³-hybridized carbons (Fsp3) is 0.176. The SMILES string of the molecule is C=C(C)c1cncc(-c2ccc3c(c2)CC(=O)N3C)c1. The van der Waals surface area contributed by atoms with Crippen LogP contribution in [0.2, 0.25) is 0 Å². The van der Waals surface area contributed by atoms with Crippen LogP contribution in [-0.2, 0) is 11.2 Å². The number of rotatable bonds is 2. The Hall–Kier alpha value is -2.42. The van der Waals surface area contributed by atoms with E-state index in [2.05, 4.69) is 23.7 Å². The summed E-state index contributed by atoms with van der Waals surface area (Å²) in [6.07, 6.45) is 4.14. The van der Waals surface area contributed by atoms with Gasteiger partial charge in [-0.2, -0.15) is 0 Å². The van der Waals surface area contributed by atoms with Gasteiger partial charge in [-0.05, 0) is 47.4 Å². The first-order valence-electron chi connectivity index (χ1n) is 6.57. The summed E-state index contributed by atoms with van der Waals surface area (Å²) in [5.41, 5.74) is 6.25. The Kier molecular flexibility index (Phi) is 2.90. The van der Waals surface area contributed by atoms with Crippen molar-refractivity contribution in [2.75, 3.05) is 11.9 Å². The number of allylic oxidation sites excluding steroid dienone is 1. The number of benzene rings is 1. The minimum atomic E-state index is 0.144. The maximum atomic E-state index is 11.7. The summed E-state index contributed by atoms with van der Waals surface area (Å²) in [5.74, 6) is 0.144. The lowest BCUT2D eigenvalue weighted by molar-refractivity contribution is -0.117. The Bertz CT molecular complexity index is 719. The van der Waals surface area contributed by atoms with Crippen molar-refractivity contribution in [3.05, 3.63) is 54.4 Å². The number of nitrogens with zero attached hydrogens (tertiary/aromatic N) is 2. The second-order valence-electron chi connectivity index (χ2n) is 5.22. The molecule has 0 fully saturated rings. The zero-order valence-corrected chi connectivity index (χ0v) is 11.7. The monoisotopic (exact) mass is 264 g/mol. The summed E-state index contributed by atoms with van der Waals surface area (Å²) in [7, 11) is 1.82. The summed E-state index contributed by atoms with van der Waals surface area (Å²) in [6.45, 7) is 5.92. The Morgan fingerprint density at radius 1 is 1.25 bits per heavy atom. The molecule has 0 saturated heterocycles. The quantitative estimate of drug-likeness (QED) is 0.833. The topological polar surface area (TPSA) is 33.2 Å². The molecule has 0 unspecified atom stereocenters. The van der Waals surface area contributed by atoms with Crippen LogP contribution in [0.3, 0.4) is 0 Å². The number of hydrogen-bond donors (Lipinski definition) is 0. The fourth-order valence-corrected chi connectivity index (χ4v) is 2.48. The lowest BCUT2D eigenvalue weighted by atomic mass is 10.0. The standard InChI is InChI=1S/C17H16N2O/c1-11(2)14-7-15(10-18-9-14)12-4-5-16-13(6-12)8-17(20)19(16)3/h4-7,9-10H,1,8H2,2-3H3. The molecule has 1 aromatic heterocycles. The molecule has 1 aliphatic rings. The van der Waals surface area contributed by atoms with E-state index < -0.39 is 0 Å². The highest BCUT2D eigenvalue weighted by atomic mass is 16.2. The van der Waals surface area contributed by atoms with E-state index >= 15 is 0 Å². The van der Waals surface area contributed by atoms with Crippen molar-refractivity contribution in [2.24, 2.45) is 0 Å². The maximum Gasteiger partial charge on any atom is 0.231 e. The smallest absolute Gasteiger partial charge is 0.231 e. The highest BCUT2D eigenvalue weighted by molar-refractivity contribution is 6.01. The predicted octanol–water partition coefficient (Wildman–Crippen LogP) is 3.30. The van der Waals surface area contributed by atoms with Gasteiger partial charge in [0.1, 0.15) is 0 Å². The number of fused-ring (bicyclic) bond motifs is 1. The van der Waals surface area contributed by atoms with Crippen LogP contribution in [0.5, 0.6) is 0 Å². The summed E-state index contributed by atoms with van der Waals surface area (Å²) >= 11 is 0. The molecule has 3 heteroatoms. The number of hydrogen-bond acceptors (Lipinski definition) is 2. The lowest BCUT2D eigenvalue weighted by Crippen LogP contribution is -2.20. The molecule has 3 rings (SSSR count). The minimum absolute atomic E-state index is 0.144. The maximum absolute atomic E-state index is 11.7. The van der Waals surface area contributed by atoms with Crippen LogP contribution in [0.15, 0.2) is 43.2 Å². The van der Waals surface area contributed by atoms with E-state index in [0.29, 0.717) is 6.42 Å². The molecule has 3 nitrogen and oxygen atoms in total. The molecule has 100 valence electrons. The van der Waals surface area contributed by atoms with Crippen molar-refractivity contribution in [2.45, 2.75) is 13.3 Å². The van der Waals surface area contributed by atoms with Crippen LogP contribution in [0, 0.1) is 0 Å². The number of anilines is 1. The van der Waals surface area contributed by atoms with Crippen molar-refractivity contribution in [1.29, 1.82) is 0 Å². The molecule has 20 heavy (non-hydrogen) atoms. The number of carbonyl (C=O) groups excluding carboxylic acids is 1. The Morgan fingerprint density at radius 3 is 2.80 bits per heavy atom. The first kappa shape index (κ1) is 12.6. The fourth-order valence-electron chi connectivity index (χ4n) is 2.48. The molecule has 0 bridgehead atoms. The van der Waals surface area contributed by atoms with Crippen LogP contribution < -0.4 is 4.90 Å². The molecule has 1 aromatic carbocycles. The lowest BCUT2D eigenvalue weighted by Gasteiger charge is -2.11. The van der Waals surface area contributed by atoms with E-state index in [9.17, 15) is 4.79 Å².